The topological polar surface area (TPSA) is 33.1 Å². The van der Waals surface area contributed by atoms with Gasteiger partial charge in [-0.05, 0) is 34.1 Å². The van der Waals surface area contributed by atoms with E-state index >= 15 is 0 Å². The zero-order valence-electron chi connectivity index (χ0n) is 6.46. The van der Waals surface area contributed by atoms with Crippen LogP contribution >= 0.6 is 15.9 Å². The molecule has 0 spiro atoms. The molecule has 0 radical (unpaired) electrons. The number of benzene rings is 1. The summed E-state index contributed by atoms with van der Waals surface area (Å²) < 4.78 is 13.3. The number of aromatic nitrogens is 1. The normalized spacial score (nSPS) is 10.6. The number of pyridine rings is 1. The molecule has 0 aliphatic carbocycles. The molecule has 1 heterocycles. The second kappa shape index (κ2) is 2.96. The summed E-state index contributed by atoms with van der Waals surface area (Å²) in [6.45, 7) is 0. The van der Waals surface area contributed by atoms with Gasteiger partial charge in [-0.25, -0.2) is 4.39 Å². The van der Waals surface area contributed by atoms with Crippen LogP contribution in [0.1, 0.15) is 0 Å². The van der Waals surface area contributed by atoms with Crippen LogP contribution < -0.4 is 0 Å². The van der Waals surface area contributed by atoms with E-state index in [2.05, 4.69) is 20.9 Å². The maximum atomic E-state index is 13.0. The minimum atomic E-state index is -0.384. The van der Waals surface area contributed by atoms with Crippen LogP contribution in [0.5, 0.6) is 5.75 Å². The third kappa shape index (κ3) is 1.27. The van der Waals surface area contributed by atoms with Gasteiger partial charge in [0.05, 0.1) is 9.99 Å². The Hall–Kier alpha value is -1.16. The van der Waals surface area contributed by atoms with Crippen LogP contribution in [0.15, 0.2) is 28.9 Å². The summed E-state index contributed by atoms with van der Waals surface area (Å²) >= 11 is 3.07. The first-order valence-electron chi connectivity index (χ1n) is 3.62. The Bertz CT molecular complexity index is 472. The van der Waals surface area contributed by atoms with Gasteiger partial charge in [0, 0.05) is 11.6 Å². The number of hydrogen-bond donors (Lipinski definition) is 1. The lowest BCUT2D eigenvalue weighted by atomic mass is 10.2. The highest BCUT2D eigenvalue weighted by molar-refractivity contribution is 9.10. The van der Waals surface area contributed by atoms with Gasteiger partial charge in [-0.1, -0.05) is 0 Å². The molecule has 0 atom stereocenters. The lowest BCUT2D eigenvalue weighted by Gasteiger charge is -2.01. The first-order valence-corrected chi connectivity index (χ1v) is 4.41. The standard InChI is InChI=1S/C9H5BrFNO/c10-8-6(11)2-1-5-7(13)3-4-12-9(5)8/h1-4H,(H,12,13). The average Bonchev–Trinajstić information content (AvgIpc) is 2.12. The van der Waals surface area contributed by atoms with Gasteiger partial charge < -0.3 is 5.11 Å². The van der Waals surface area contributed by atoms with Crippen LogP contribution in [0.25, 0.3) is 10.9 Å². The molecule has 1 aromatic heterocycles. The predicted octanol–water partition coefficient (Wildman–Crippen LogP) is 2.84. The van der Waals surface area contributed by atoms with Crippen molar-refractivity contribution in [2.24, 2.45) is 0 Å². The summed E-state index contributed by atoms with van der Waals surface area (Å²) in [5.41, 5.74) is 0.431. The van der Waals surface area contributed by atoms with E-state index in [-0.39, 0.29) is 16.0 Å². The van der Waals surface area contributed by atoms with Crippen molar-refractivity contribution in [3.63, 3.8) is 0 Å². The minimum Gasteiger partial charge on any atom is -0.507 e. The highest BCUT2D eigenvalue weighted by Crippen LogP contribution is 2.29. The Morgan fingerprint density at radius 3 is 2.85 bits per heavy atom. The average molecular weight is 242 g/mol. The Kier molecular flexibility index (Phi) is 1.92. The minimum absolute atomic E-state index is 0.103. The van der Waals surface area contributed by atoms with E-state index in [1.165, 1.54) is 24.4 Å². The number of halogens is 2. The maximum absolute atomic E-state index is 13.0. The Morgan fingerprint density at radius 2 is 2.08 bits per heavy atom. The first kappa shape index (κ1) is 8.44. The van der Waals surface area contributed by atoms with Gasteiger partial charge >= 0.3 is 0 Å². The lowest BCUT2D eigenvalue weighted by Crippen LogP contribution is -1.84. The van der Waals surface area contributed by atoms with E-state index < -0.39 is 0 Å². The van der Waals surface area contributed by atoms with Gasteiger partial charge in [-0.3, -0.25) is 4.98 Å². The summed E-state index contributed by atoms with van der Waals surface area (Å²) in [4.78, 5) is 3.96. The quantitative estimate of drug-likeness (QED) is 0.770. The van der Waals surface area contributed by atoms with Crippen LogP contribution in [0.4, 0.5) is 4.39 Å². The van der Waals surface area contributed by atoms with Crippen LogP contribution in [-0.2, 0) is 0 Å². The van der Waals surface area contributed by atoms with Gasteiger partial charge in [0.25, 0.3) is 0 Å². The van der Waals surface area contributed by atoms with Crippen molar-refractivity contribution in [2.75, 3.05) is 0 Å². The Labute approximate surface area is 82.2 Å². The van der Waals surface area contributed by atoms with Crippen molar-refractivity contribution in [1.82, 2.24) is 4.98 Å². The molecule has 0 aliphatic heterocycles. The van der Waals surface area contributed by atoms with Gasteiger partial charge in [0.2, 0.25) is 0 Å². The highest BCUT2D eigenvalue weighted by atomic mass is 79.9. The SMILES string of the molecule is Oc1ccnc2c(Br)c(F)ccc12. The fraction of sp³-hybridized carbons (Fsp3) is 0. The molecule has 0 fully saturated rings. The number of rotatable bonds is 0. The summed E-state index contributed by atoms with van der Waals surface area (Å²) in [6, 6.07) is 4.25. The Balaban J connectivity index is 2.94. The molecule has 2 aromatic rings. The van der Waals surface area contributed by atoms with Crippen LogP contribution in [-0.4, -0.2) is 10.1 Å². The molecular weight excluding hydrogens is 237 g/mol. The van der Waals surface area contributed by atoms with E-state index in [0.29, 0.717) is 10.9 Å². The van der Waals surface area contributed by atoms with E-state index in [4.69, 9.17) is 0 Å². The van der Waals surface area contributed by atoms with E-state index in [9.17, 15) is 9.50 Å². The first-order chi connectivity index (χ1) is 6.20. The fourth-order valence-corrected chi connectivity index (χ4v) is 1.59. The summed E-state index contributed by atoms with van der Waals surface area (Å²) in [5.74, 6) is -0.281. The van der Waals surface area contributed by atoms with Gasteiger partial charge in [-0.15, -0.1) is 0 Å². The van der Waals surface area contributed by atoms with Crippen molar-refractivity contribution in [3.8, 4) is 5.75 Å². The lowest BCUT2D eigenvalue weighted by molar-refractivity contribution is 0.481. The summed E-state index contributed by atoms with van der Waals surface area (Å²) in [5, 5.41) is 9.94. The largest absolute Gasteiger partial charge is 0.507 e. The summed E-state index contributed by atoms with van der Waals surface area (Å²) in [6.07, 6.45) is 1.43. The third-order valence-corrected chi connectivity index (χ3v) is 2.54. The molecule has 1 aromatic carbocycles. The number of hydrogen-bond acceptors (Lipinski definition) is 2. The zero-order valence-corrected chi connectivity index (χ0v) is 8.05. The monoisotopic (exact) mass is 241 g/mol. The van der Waals surface area contributed by atoms with Gasteiger partial charge in [-0.2, -0.15) is 0 Å². The second-order valence-corrected chi connectivity index (χ2v) is 3.38. The predicted molar refractivity (Wildman–Crippen MR) is 51.1 cm³/mol. The molecule has 2 rings (SSSR count). The maximum Gasteiger partial charge on any atom is 0.139 e. The molecular formula is C9H5BrFNO. The molecule has 0 saturated heterocycles. The molecule has 13 heavy (non-hydrogen) atoms. The number of aromatic hydroxyl groups is 1. The van der Waals surface area contributed by atoms with Crippen LogP contribution in [0, 0.1) is 5.82 Å². The van der Waals surface area contributed by atoms with Crippen molar-refractivity contribution >= 4 is 26.8 Å². The summed E-state index contributed by atoms with van der Waals surface area (Å²) in [7, 11) is 0. The number of fused-ring (bicyclic) bond motifs is 1. The van der Waals surface area contributed by atoms with Gasteiger partial charge in [0.15, 0.2) is 0 Å². The molecule has 1 N–H and O–H groups in total. The third-order valence-electron chi connectivity index (χ3n) is 1.78. The molecule has 0 bridgehead atoms. The number of nitrogens with zero attached hydrogens (tertiary/aromatic N) is 1. The molecule has 0 saturated carbocycles. The van der Waals surface area contributed by atoms with E-state index in [1.54, 1.807) is 0 Å². The molecule has 66 valence electrons. The van der Waals surface area contributed by atoms with Crippen LogP contribution in [0.2, 0.25) is 0 Å². The second-order valence-electron chi connectivity index (χ2n) is 2.59. The van der Waals surface area contributed by atoms with E-state index in [1.807, 2.05) is 0 Å². The van der Waals surface area contributed by atoms with Crippen molar-refractivity contribution < 1.29 is 9.50 Å². The van der Waals surface area contributed by atoms with Crippen molar-refractivity contribution in [2.45, 2.75) is 0 Å². The van der Waals surface area contributed by atoms with Gasteiger partial charge in [0.1, 0.15) is 11.6 Å². The smallest absolute Gasteiger partial charge is 0.139 e. The molecule has 0 amide bonds. The van der Waals surface area contributed by atoms with Crippen molar-refractivity contribution in [1.29, 1.82) is 0 Å². The highest BCUT2D eigenvalue weighted by Gasteiger charge is 2.07. The molecule has 0 aliphatic rings. The fourth-order valence-electron chi connectivity index (χ4n) is 1.15. The molecule has 2 nitrogen and oxygen atoms in total. The zero-order chi connectivity index (χ0) is 9.42. The molecule has 4 heteroatoms. The molecule has 0 unspecified atom stereocenters. The van der Waals surface area contributed by atoms with E-state index in [0.717, 1.165) is 0 Å². The van der Waals surface area contributed by atoms with Crippen LogP contribution in [0.3, 0.4) is 0 Å². The van der Waals surface area contributed by atoms with Crippen molar-refractivity contribution in [3.05, 3.63) is 34.7 Å². The Morgan fingerprint density at radius 1 is 1.31 bits per heavy atom.